The van der Waals surface area contributed by atoms with Gasteiger partial charge in [0.25, 0.3) is 0 Å². The highest BCUT2D eigenvalue weighted by atomic mass is 32.2. The normalized spacial score (nSPS) is 13.5. The third-order valence-corrected chi connectivity index (χ3v) is 6.36. The summed E-state index contributed by atoms with van der Waals surface area (Å²) in [6.07, 6.45) is 1.10. The number of benzene rings is 2. The molecule has 1 amide bonds. The fraction of sp³-hybridized carbons (Fsp3) is 0.409. The molecule has 7 heteroatoms. The van der Waals surface area contributed by atoms with Crippen molar-refractivity contribution in [3.8, 4) is 5.75 Å². The molecule has 1 N–H and O–H groups in total. The Bertz CT molecular complexity index is 985. The van der Waals surface area contributed by atoms with Gasteiger partial charge in [0.15, 0.2) is 0 Å². The van der Waals surface area contributed by atoms with Crippen LogP contribution in [0.3, 0.4) is 0 Å². The predicted octanol–water partition coefficient (Wildman–Crippen LogP) is 3.65. The van der Waals surface area contributed by atoms with Gasteiger partial charge in [0.1, 0.15) is 11.8 Å². The van der Waals surface area contributed by atoms with Crippen LogP contribution in [0.1, 0.15) is 42.1 Å². The lowest BCUT2D eigenvalue weighted by molar-refractivity contribution is -0.122. The first kappa shape index (κ1) is 22.7. The van der Waals surface area contributed by atoms with Crippen molar-refractivity contribution in [1.29, 1.82) is 0 Å². The van der Waals surface area contributed by atoms with E-state index in [9.17, 15) is 13.2 Å². The van der Waals surface area contributed by atoms with Crippen LogP contribution in [0.15, 0.2) is 36.4 Å². The molecule has 0 aliphatic heterocycles. The summed E-state index contributed by atoms with van der Waals surface area (Å²) < 4.78 is 31.1. The molecule has 0 radical (unpaired) electrons. The lowest BCUT2D eigenvalue weighted by Gasteiger charge is -2.29. The standard InChI is InChI=1S/C22H30N2O4S/c1-14-12-16(3)21(13-15(14)2)17(4)23-22(25)18(5)24(29(7,26)27)19-8-10-20(28-6)11-9-19/h8-13,17-18H,1-7H3,(H,23,25)/t17-,18-/m0/s1. The second-order valence-electron chi connectivity index (χ2n) is 7.46. The number of ether oxygens (including phenoxy) is 1. The number of anilines is 1. The lowest BCUT2D eigenvalue weighted by atomic mass is 9.96. The highest BCUT2D eigenvalue weighted by Crippen LogP contribution is 2.25. The molecule has 0 spiro atoms. The number of amides is 1. The van der Waals surface area contributed by atoms with Gasteiger partial charge in [0.2, 0.25) is 15.9 Å². The Labute approximate surface area is 173 Å². The number of hydrogen-bond donors (Lipinski definition) is 1. The maximum atomic E-state index is 12.9. The average Bonchev–Trinajstić information content (AvgIpc) is 2.64. The zero-order valence-corrected chi connectivity index (χ0v) is 18.9. The maximum absolute atomic E-state index is 12.9. The Morgan fingerprint density at radius 3 is 2.07 bits per heavy atom. The fourth-order valence-electron chi connectivity index (χ4n) is 3.40. The lowest BCUT2D eigenvalue weighted by Crippen LogP contribution is -2.48. The summed E-state index contributed by atoms with van der Waals surface area (Å²) in [5, 5.41) is 2.96. The van der Waals surface area contributed by atoms with Crippen molar-refractivity contribution in [2.75, 3.05) is 17.7 Å². The zero-order chi connectivity index (χ0) is 21.9. The Morgan fingerprint density at radius 2 is 1.55 bits per heavy atom. The minimum atomic E-state index is -3.67. The van der Waals surface area contributed by atoms with E-state index in [4.69, 9.17) is 4.74 Å². The van der Waals surface area contributed by atoms with Crippen LogP contribution in [-0.4, -0.2) is 33.7 Å². The Morgan fingerprint density at radius 1 is 1.00 bits per heavy atom. The van der Waals surface area contributed by atoms with Gasteiger partial charge in [-0.1, -0.05) is 12.1 Å². The molecule has 2 aromatic rings. The highest BCUT2D eigenvalue weighted by Gasteiger charge is 2.30. The van der Waals surface area contributed by atoms with E-state index in [0.717, 1.165) is 27.3 Å². The third kappa shape index (κ3) is 5.29. The number of nitrogens with one attached hydrogen (secondary N) is 1. The van der Waals surface area contributed by atoms with Crippen LogP contribution in [-0.2, 0) is 14.8 Å². The van der Waals surface area contributed by atoms with Crippen molar-refractivity contribution in [2.24, 2.45) is 0 Å². The molecular formula is C22H30N2O4S. The number of hydrogen-bond acceptors (Lipinski definition) is 4. The zero-order valence-electron chi connectivity index (χ0n) is 18.1. The first-order chi connectivity index (χ1) is 13.5. The monoisotopic (exact) mass is 418 g/mol. The first-order valence-corrected chi connectivity index (χ1v) is 11.3. The van der Waals surface area contributed by atoms with Gasteiger partial charge in [-0.05, 0) is 81.1 Å². The van der Waals surface area contributed by atoms with Crippen LogP contribution in [0.4, 0.5) is 5.69 Å². The average molecular weight is 419 g/mol. The molecule has 0 unspecified atom stereocenters. The number of sulfonamides is 1. The van der Waals surface area contributed by atoms with E-state index in [1.165, 1.54) is 12.7 Å². The van der Waals surface area contributed by atoms with Crippen LogP contribution < -0.4 is 14.4 Å². The number of methoxy groups -OCH3 is 1. The summed E-state index contributed by atoms with van der Waals surface area (Å²) in [7, 11) is -2.13. The third-order valence-electron chi connectivity index (χ3n) is 5.12. The van der Waals surface area contributed by atoms with Gasteiger partial charge in [0, 0.05) is 0 Å². The van der Waals surface area contributed by atoms with Crippen LogP contribution in [0, 0.1) is 20.8 Å². The topological polar surface area (TPSA) is 75.7 Å². The molecule has 0 aromatic heterocycles. The summed E-state index contributed by atoms with van der Waals surface area (Å²) in [5.41, 5.74) is 4.86. The molecule has 0 aliphatic carbocycles. The number of carbonyl (C=O) groups is 1. The smallest absolute Gasteiger partial charge is 0.244 e. The van der Waals surface area contributed by atoms with Crippen molar-refractivity contribution >= 4 is 21.6 Å². The first-order valence-electron chi connectivity index (χ1n) is 9.47. The van der Waals surface area contributed by atoms with Gasteiger partial charge in [-0.3, -0.25) is 9.10 Å². The Kier molecular flexibility index (Phi) is 6.95. The van der Waals surface area contributed by atoms with Gasteiger partial charge < -0.3 is 10.1 Å². The van der Waals surface area contributed by atoms with E-state index in [1.54, 1.807) is 31.2 Å². The van der Waals surface area contributed by atoms with E-state index in [2.05, 4.69) is 24.4 Å². The molecule has 0 fully saturated rings. The SMILES string of the molecule is COc1ccc(N([C@@H](C)C(=O)N[C@@H](C)c2cc(C)c(C)cc2C)S(C)(=O)=O)cc1. The molecule has 29 heavy (non-hydrogen) atoms. The Hall–Kier alpha value is -2.54. The summed E-state index contributed by atoms with van der Waals surface area (Å²) in [4.78, 5) is 12.9. The summed E-state index contributed by atoms with van der Waals surface area (Å²) >= 11 is 0. The molecule has 2 aromatic carbocycles. The van der Waals surface area contributed by atoms with Gasteiger partial charge in [-0.2, -0.15) is 0 Å². The van der Waals surface area contributed by atoms with Gasteiger partial charge >= 0.3 is 0 Å². The maximum Gasteiger partial charge on any atom is 0.244 e. The van der Waals surface area contributed by atoms with Crippen LogP contribution >= 0.6 is 0 Å². The van der Waals surface area contributed by atoms with Crippen LogP contribution in [0.5, 0.6) is 5.75 Å². The molecule has 158 valence electrons. The van der Waals surface area contributed by atoms with Crippen molar-refractivity contribution in [3.05, 3.63) is 58.7 Å². The number of aryl methyl sites for hydroxylation is 3. The van der Waals surface area contributed by atoms with Gasteiger partial charge in [0.05, 0.1) is 25.1 Å². The van der Waals surface area contributed by atoms with E-state index in [1.807, 2.05) is 20.8 Å². The predicted molar refractivity (Wildman–Crippen MR) is 117 cm³/mol. The Balaban J connectivity index is 2.28. The van der Waals surface area contributed by atoms with E-state index >= 15 is 0 Å². The molecule has 0 heterocycles. The molecule has 0 saturated carbocycles. The molecule has 0 bridgehead atoms. The largest absolute Gasteiger partial charge is 0.497 e. The van der Waals surface area contributed by atoms with E-state index < -0.39 is 16.1 Å². The summed E-state index contributed by atoms with van der Waals surface area (Å²) in [6, 6.07) is 9.59. The minimum Gasteiger partial charge on any atom is -0.497 e. The second-order valence-corrected chi connectivity index (χ2v) is 9.32. The molecule has 0 saturated heterocycles. The van der Waals surface area contributed by atoms with Crippen molar-refractivity contribution in [3.63, 3.8) is 0 Å². The molecule has 0 aliphatic rings. The van der Waals surface area contributed by atoms with Gasteiger partial charge in [-0.15, -0.1) is 0 Å². The highest BCUT2D eigenvalue weighted by molar-refractivity contribution is 7.92. The van der Waals surface area contributed by atoms with Crippen LogP contribution in [0.2, 0.25) is 0 Å². The molecule has 2 rings (SSSR count). The molecular weight excluding hydrogens is 388 g/mol. The van der Waals surface area contributed by atoms with Crippen molar-refractivity contribution in [2.45, 2.75) is 46.7 Å². The van der Waals surface area contributed by atoms with E-state index in [0.29, 0.717) is 11.4 Å². The van der Waals surface area contributed by atoms with Crippen LogP contribution in [0.25, 0.3) is 0 Å². The molecule has 2 atom stereocenters. The summed E-state index contributed by atoms with van der Waals surface area (Å²) in [6.45, 7) is 9.58. The van der Waals surface area contributed by atoms with Gasteiger partial charge in [-0.25, -0.2) is 8.42 Å². The number of rotatable bonds is 7. The van der Waals surface area contributed by atoms with Crippen molar-refractivity contribution in [1.82, 2.24) is 5.32 Å². The fourth-order valence-corrected chi connectivity index (χ4v) is 4.57. The molecule has 6 nitrogen and oxygen atoms in total. The van der Waals surface area contributed by atoms with E-state index in [-0.39, 0.29) is 11.9 Å². The minimum absolute atomic E-state index is 0.249. The number of nitrogens with zero attached hydrogens (tertiary/aromatic N) is 1. The second kappa shape index (κ2) is 8.86. The number of carbonyl (C=O) groups excluding carboxylic acids is 1. The van der Waals surface area contributed by atoms with Crippen molar-refractivity contribution < 1.29 is 17.9 Å². The summed E-state index contributed by atoms with van der Waals surface area (Å²) in [5.74, 6) is 0.245. The quantitative estimate of drug-likeness (QED) is 0.745.